The van der Waals surface area contributed by atoms with E-state index in [-0.39, 0.29) is 17.9 Å². The van der Waals surface area contributed by atoms with Crippen LogP contribution in [0.5, 0.6) is 0 Å². The van der Waals surface area contributed by atoms with Crippen LogP contribution in [0.1, 0.15) is 46.3 Å². The van der Waals surface area contributed by atoms with Crippen molar-refractivity contribution in [3.63, 3.8) is 0 Å². The van der Waals surface area contributed by atoms with Crippen LogP contribution in [0.15, 0.2) is 54.6 Å². The molecule has 4 aromatic carbocycles. The molecule has 0 radical (unpaired) electrons. The molecule has 1 amide bonds. The molecule has 1 aliphatic carbocycles. The highest BCUT2D eigenvalue weighted by atomic mass is 16.2. The first-order valence-corrected chi connectivity index (χ1v) is 11.0. The van der Waals surface area contributed by atoms with Gasteiger partial charge in [-0.2, -0.15) is 0 Å². The standard InChI is InChI=1S/C27H18N2O2/c30-22-10-13-9-18(22)17-11-19-23(15-6-2-1-5-14(15)17)20-12-28-27(31)25(20)24-16-7-3-4-8-21(16)29(13)26(19)24/h1-8,11,13,18H,9-10,12H2,(H,28,31)/t13-,18-/m0/s1. The molecule has 4 heteroatoms. The van der Waals surface area contributed by atoms with Crippen LogP contribution in [-0.4, -0.2) is 16.3 Å². The average molecular weight is 402 g/mol. The number of ketones is 1. The molecule has 0 unspecified atom stereocenters. The summed E-state index contributed by atoms with van der Waals surface area (Å²) < 4.78 is 2.38. The fourth-order valence-corrected chi connectivity index (χ4v) is 6.68. The zero-order valence-corrected chi connectivity index (χ0v) is 16.7. The second kappa shape index (κ2) is 5.14. The fourth-order valence-electron chi connectivity index (χ4n) is 6.68. The van der Waals surface area contributed by atoms with Gasteiger partial charge in [0.2, 0.25) is 0 Å². The number of Topliss-reactive ketones (excluding diaryl/α,β-unsaturated/α-hetero) is 1. The number of carbonyl (C=O) groups excluding carboxylic acids is 2. The Hall–Kier alpha value is -3.66. The quantitative estimate of drug-likeness (QED) is 0.355. The highest BCUT2D eigenvalue weighted by Crippen LogP contribution is 2.52. The molecule has 3 heterocycles. The first kappa shape index (κ1) is 16.1. The Bertz CT molecular complexity index is 1690. The van der Waals surface area contributed by atoms with Crippen molar-refractivity contribution >= 4 is 55.0 Å². The smallest absolute Gasteiger partial charge is 0.252 e. The van der Waals surface area contributed by atoms with E-state index in [0.29, 0.717) is 18.7 Å². The van der Waals surface area contributed by atoms with Gasteiger partial charge in [0.05, 0.1) is 11.1 Å². The molecule has 8 rings (SSSR count). The monoisotopic (exact) mass is 402 g/mol. The maximum Gasteiger partial charge on any atom is 0.252 e. The van der Waals surface area contributed by atoms with Crippen molar-refractivity contribution in [2.45, 2.75) is 31.3 Å². The summed E-state index contributed by atoms with van der Waals surface area (Å²) in [4.78, 5) is 26.3. The highest BCUT2D eigenvalue weighted by Gasteiger charge is 2.40. The number of fused-ring (bicyclic) bond motifs is 14. The summed E-state index contributed by atoms with van der Waals surface area (Å²) >= 11 is 0. The fraction of sp³-hybridized carbons (Fsp3) is 0.185. The molecular weight excluding hydrogens is 384 g/mol. The number of amides is 1. The lowest BCUT2D eigenvalue weighted by atomic mass is 9.84. The molecule has 148 valence electrons. The molecule has 31 heavy (non-hydrogen) atoms. The number of benzene rings is 4. The number of rotatable bonds is 0. The second-order valence-electron chi connectivity index (χ2n) is 9.19. The van der Waals surface area contributed by atoms with Crippen molar-refractivity contribution in [1.82, 2.24) is 9.88 Å². The molecule has 3 aliphatic rings. The van der Waals surface area contributed by atoms with Crippen LogP contribution >= 0.6 is 0 Å². The third-order valence-electron chi connectivity index (χ3n) is 7.82. The molecule has 0 spiro atoms. The Morgan fingerprint density at radius 2 is 1.65 bits per heavy atom. The van der Waals surface area contributed by atoms with Gasteiger partial charge in [-0.05, 0) is 45.8 Å². The van der Waals surface area contributed by atoms with E-state index in [1.165, 1.54) is 5.39 Å². The number of nitrogens with zero attached hydrogens (tertiary/aromatic N) is 1. The van der Waals surface area contributed by atoms with Crippen LogP contribution in [0.25, 0.3) is 43.4 Å². The van der Waals surface area contributed by atoms with Crippen LogP contribution in [0.4, 0.5) is 0 Å². The van der Waals surface area contributed by atoms with E-state index in [4.69, 9.17) is 0 Å². The van der Waals surface area contributed by atoms with Crippen molar-refractivity contribution in [3.8, 4) is 0 Å². The molecular formula is C27H18N2O2. The molecule has 1 N–H and O–H groups in total. The number of hydrogen-bond donors (Lipinski definition) is 1. The van der Waals surface area contributed by atoms with E-state index in [0.717, 1.165) is 61.1 Å². The minimum Gasteiger partial charge on any atom is -0.348 e. The minimum absolute atomic E-state index is 0.00963. The topological polar surface area (TPSA) is 51.1 Å². The number of nitrogens with one attached hydrogen (secondary N) is 1. The Morgan fingerprint density at radius 3 is 2.52 bits per heavy atom. The van der Waals surface area contributed by atoms with Crippen molar-refractivity contribution in [3.05, 3.63) is 71.3 Å². The van der Waals surface area contributed by atoms with E-state index in [2.05, 4.69) is 58.4 Å². The lowest BCUT2D eigenvalue weighted by molar-refractivity contribution is -0.118. The summed E-state index contributed by atoms with van der Waals surface area (Å²) in [7, 11) is 0. The first-order valence-electron chi connectivity index (χ1n) is 11.0. The largest absolute Gasteiger partial charge is 0.348 e. The summed E-state index contributed by atoms with van der Waals surface area (Å²) in [5.41, 5.74) is 5.32. The molecule has 4 bridgehead atoms. The SMILES string of the molecule is O=C1NCc2c1c1c3ccccc3n3c1c1cc(c4ccccc4c21)[C@@H]1C[C@H]3CC1=O. The summed E-state index contributed by atoms with van der Waals surface area (Å²) in [6.07, 6.45) is 1.38. The van der Waals surface area contributed by atoms with Gasteiger partial charge in [0, 0.05) is 46.6 Å². The van der Waals surface area contributed by atoms with Gasteiger partial charge < -0.3 is 9.88 Å². The maximum atomic E-state index is 13.2. The second-order valence-corrected chi connectivity index (χ2v) is 9.19. The lowest BCUT2D eigenvalue weighted by Gasteiger charge is -2.23. The Morgan fingerprint density at radius 1 is 0.871 bits per heavy atom. The van der Waals surface area contributed by atoms with Gasteiger partial charge in [-0.15, -0.1) is 0 Å². The summed E-state index contributed by atoms with van der Waals surface area (Å²) in [6.45, 7) is 0.551. The minimum atomic E-state index is -0.0586. The van der Waals surface area contributed by atoms with Gasteiger partial charge in [0.15, 0.2) is 0 Å². The highest BCUT2D eigenvalue weighted by molar-refractivity contribution is 6.31. The Kier molecular flexibility index (Phi) is 2.67. The molecule has 2 aliphatic heterocycles. The molecule has 1 fully saturated rings. The summed E-state index contributed by atoms with van der Waals surface area (Å²) in [5, 5.41) is 9.90. The van der Waals surface area contributed by atoms with E-state index in [1.54, 1.807) is 0 Å². The number of para-hydroxylation sites is 1. The van der Waals surface area contributed by atoms with Crippen molar-refractivity contribution < 1.29 is 9.59 Å². The van der Waals surface area contributed by atoms with Gasteiger partial charge in [-0.3, -0.25) is 9.59 Å². The number of hydrogen-bond acceptors (Lipinski definition) is 2. The van der Waals surface area contributed by atoms with Crippen LogP contribution in [-0.2, 0) is 11.3 Å². The molecule has 5 aromatic rings. The van der Waals surface area contributed by atoms with Gasteiger partial charge in [0.1, 0.15) is 5.78 Å². The van der Waals surface area contributed by atoms with Crippen LogP contribution in [0, 0.1) is 0 Å². The third kappa shape index (κ3) is 1.72. The lowest BCUT2D eigenvalue weighted by Crippen LogP contribution is -2.12. The molecule has 1 aromatic heterocycles. The van der Waals surface area contributed by atoms with E-state index in [1.807, 2.05) is 6.07 Å². The zero-order valence-electron chi connectivity index (χ0n) is 16.7. The molecule has 2 atom stereocenters. The molecule has 1 saturated carbocycles. The Labute approximate surface area is 177 Å². The maximum absolute atomic E-state index is 13.2. The predicted octanol–water partition coefficient (Wildman–Crippen LogP) is 5.35. The normalized spacial score (nSPS) is 21.5. The van der Waals surface area contributed by atoms with Crippen molar-refractivity contribution in [2.75, 3.05) is 0 Å². The third-order valence-corrected chi connectivity index (χ3v) is 7.82. The predicted molar refractivity (Wildman–Crippen MR) is 122 cm³/mol. The Balaban J connectivity index is 1.79. The van der Waals surface area contributed by atoms with Crippen LogP contribution < -0.4 is 5.32 Å². The summed E-state index contributed by atoms with van der Waals surface area (Å²) in [6, 6.07) is 19.2. The van der Waals surface area contributed by atoms with Gasteiger partial charge in [0.25, 0.3) is 5.91 Å². The van der Waals surface area contributed by atoms with Gasteiger partial charge in [-0.25, -0.2) is 0 Å². The molecule has 4 nitrogen and oxygen atoms in total. The van der Waals surface area contributed by atoms with Gasteiger partial charge >= 0.3 is 0 Å². The van der Waals surface area contributed by atoms with E-state index in [9.17, 15) is 9.59 Å². The first-order chi connectivity index (χ1) is 15.2. The molecule has 0 saturated heterocycles. The van der Waals surface area contributed by atoms with Crippen LogP contribution in [0.3, 0.4) is 0 Å². The summed E-state index contributed by atoms with van der Waals surface area (Å²) in [5.74, 6) is 0.283. The average Bonchev–Trinajstić information content (AvgIpc) is 3.45. The van der Waals surface area contributed by atoms with E-state index < -0.39 is 0 Å². The number of carbonyl (C=O) groups is 2. The van der Waals surface area contributed by atoms with E-state index >= 15 is 0 Å². The zero-order chi connectivity index (χ0) is 20.4. The van der Waals surface area contributed by atoms with Crippen molar-refractivity contribution in [1.29, 1.82) is 0 Å². The van der Waals surface area contributed by atoms with Gasteiger partial charge in [-0.1, -0.05) is 42.5 Å². The van der Waals surface area contributed by atoms with Crippen molar-refractivity contribution in [2.24, 2.45) is 0 Å². The number of aromatic nitrogens is 1. The van der Waals surface area contributed by atoms with Crippen LogP contribution in [0.2, 0.25) is 0 Å².